The first-order chi connectivity index (χ1) is 10.2. The van der Waals surface area contributed by atoms with E-state index >= 15 is 0 Å². The first kappa shape index (κ1) is 16.2. The second kappa shape index (κ2) is 8.30. The lowest BCUT2D eigenvalue weighted by atomic mass is 9.98. The molecule has 1 N–H and O–H groups in total. The summed E-state index contributed by atoms with van der Waals surface area (Å²) >= 11 is 3.31. The molecule has 0 bridgehead atoms. The van der Waals surface area contributed by atoms with Crippen molar-refractivity contribution in [1.82, 2.24) is 5.32 Å². The van der Waals surface area contributed by atoms with E-state index in [-0.39, 0.29) is 11.9 Å². The van der Waals surface area contributed by atoms with Crippen LogP contribution in [0.4, 0.5) is 4.39 Å². The molecule has 0 aliphatic carbocycles. The van der Waals surface area contributed by atoms with Crippen molar-refractivity contribution in [2.45, 2.75) is 32.2 Å². The number of benzene rings is 2. The Kier molecular flexibility index (Phi) is 6.40. The number of halogens is 2. The summed E-state index contributed by atoms with van der Waals surface area (Å²) in [4.78, 5) is 0. The normalized spacial score (nSPS) is 12.3. The van der Waals surface area contributed by atoms with Crippen molar-refractivity contribution in [2.24, 2.45) is 0 Å². The first-order valence-corrected chi connectivity index (χ1v) is 8.22. The van der Waals surface area contributed by atoms with Crippen LogP contribution in [0.25, 0.3) is 0 Å². The van der Waals surface area contributed by atoms with Gasteiger partial charge in [0.1, 0.15) is 5.82 Å². The molecule has 0 amide bonds. The second-order valence-electron chi connectivity index (χ2n) is 5.15. The largest absolute Gasteiger partial charge is 0.310 e. The minimum absolute atomic E-state index is 0.0758. The third-order valence-corrected chi connectivity index (χ3v) is 4.08. The summed E-state index contributed by atoms with van der Waals surface area (Å²) in [6.45, 7) is 2.90. The van der Waals surface area contributed by atoms with Crippen LogP contribution in [0, 0.1) is 5.82 Å². The standard InChI is InChI=1S/C18H21BrFN/c1-2-21-18(16-12-11-15(19)13-17(16)20)10-6-9-14-7-4-3-5-8-14/h3-5,7-8,11-13,18,21H,2,6,9-10H2,1H3. The van der Waals surface area contributed by atoms with Crippen LogP contribution in [0.15, 0.2) is 53.0 Å². The molecule has 1 atom stereocenters. The Hall–Kier alpha value is -1.19. The Morgan fingerprint density at radius 3 is 2.57 bits per heavy atom. The molecule has 0 spiro atoms. The molecule has 0 aromatic heterocycles. The van der Waals surface area contributed by atoms with Gasteiger partial charge in [0.05, 0.1) is 0 Å². The molecule has 2 aromatic carbocycles. The van der Waals surface area contributed by atoms with Crippen LogP contribution < -0.4 is 5.32 Å². The van der Waals surface area contributed by atoms with E-state index in [1.165, 1.54) is 11.6 Å². The van der Waals surface area contributed by atoms with Gasteiger partial charge in [-0.15, -0.1) is 0 Å². The van der Waals surface area contributed by atoms with Gasteiger partial charge in [-0.05, 0) is 43.5 Å². The Morgan fingerprint density at radius 1 is 1.14 bits per heavy atom. The summed E-state index contributed by atoms with van der Waals surface area (Å²) in [6.07, 6.45) is 3.00. The molecule has 1 nitrogen and oxygen atoms in total. The number of rotatable bonds is 7. The molecule has 2 aromatic rings. The summed E-state index contributed by atoms with van der Waals surface area (Å²) in [5.74, 6) is -0.143. The summed E-state index contributed by atoms with van der Waals surface area (Å²) in [6, 6.07) is 15.8. The van der Waals surface area contributed by atoms with Crippen molar-refractivity contribution in [3.63, 3.8) is 0 Å². The van der Waals surface area contributed by atoms with Gasteiger partial charge < -0.3 is 5.32 Å². The number of aryl methyl sites for hydroxylation is 1. The van der Waals surface area contributed by atoms with Crippen LogP contribution >= 0.6 is 15.9 Å². The quantitative estimate of drug-likeness (QED) is 0.718. The zero-order chi connectivity index (χ0) is 15.1. The van der Waals surface area contributed by atoms with Crippen LogP contribution in [0.1, 0.15) is 36.9 Å². The molecular weight excluding hydrogens is 329 g/mol. The summed E-state index contributed by atoms with van der Waals surface area (Å²) in [5, 5.41) is 3.39. The highest BCUT2D eigenvalue weighted by atomic mass is 79.9. The van der Waals surface area contributed by atoms with Gasteiger partial charge >= 0.3 is 0 Å². The van der Waals surface area contributed by atoms with Crippen molar-refractivity contribution in [3.05, 3.63) is 69.9 Å². The van der Waals surface area contributed by atoms with Crippen molar-refractivity contribution >= 4 is 15.9 Å². The predicted molar refractivity (Wildman–Crippen MR) is 89.9 cm³/mol. The van der Waals surface area contributed by atoms with Gasteiger partial charge in [0.2, 0.25) is 0 Å². The minimum Gasteiger partial charge on any atom is -0.310 e. The summed E-state index contributed by atoms with van der Waals surface area (Å²) in [7, 11) is 0. The van der Waals surface area contributed by atoms with Gasteiger partial charge in [0.25, 0.3) is 0 Å². The molecule has 0 aliphatic rings. The average Bonchev–Trinajstić information content (AvgIpc) is 2.48. The molecular formula is C18H21BrFN. The molecule has 0 aliphatic heterocycles. The van der Waals surface area contributed by atoms with Crippen molar-refractivity contribution in [2.75, 3.05) is 6.54 Å². The van der Waals surface area contributed by atoms with Crippen molar-refractivity contribution in [3.8, 4) is 0 Å². The van der Waals surface area contributed by atoms with E-state index < -0.39 is 0 Å². The maximum Gasteiger partial charge on any atom is 0.129 e. The summed E-state index contributed by atoms with van der Waals surface area (Å²) in [5.41, 5.74) is 2.09. The molecule has 1 unspecified atom stereocenters. The number of nitrogens with one attached hydrogen (secondary N) is 1. The van der Waals surface area contributed by atoms with Gasteiger partial charge in [0.15, 0.2) is 0 Å². The van der Waals surface area contributed by atoms with Gasteiger partial charge in [-0.2, -0.15) is 0 Å². The topological polar surface area (TPSA) is 12.0 Å². The predicted octanol–water partition coefficient (Wildman–Crippen LogP) is 5.26. The maximum atomic E-state index is 14.1. The molecule has 0 saturated heterocycles. The van der Waals surface area contributed by atoms with Crippen molar-refractivity contribution < 1.29 is 4.39 Å². The highest BCUT2D eigenvalue weighted by Crippen LogP contribution is 2.25. The van der Waals surface area contributed by atoms with Gasteiger partial charge in [-0.1, -0.05) is 59.3 Å². The highest BCUT2D eigenvalue weighted by molar-refractivity contribution is 9.10. The molecule has 0 heterocycles. The smallest absolute Gasteiger partial charge is 0.129 e. The van der Waals surface area contributed by atoms with E-state index in [4.69, 9.17) is 0 Å². The van der Waals surface area contributed by atoms with Crippen LogP contribution in [-0.4, -0.2) is 6.54 Å². The van der Waals surface area contributed by atoms with Crippen LogP contribution in [-0.2, 0) is 6.42 Å². The maximum absolute atomic E-state index is 14.1. The Balaban J connectivity index is 1.98. The van der Waals surface area contributed by atoms with E-state index in [0.29, 0.717) is 0 Å². The zero-order valence-electron chi connectivity index (χ0n) is 12.3. The molecule has 0 fully saturated rings. The monoisotopic (exact) mass is 349 g/mol. The van der Waals surface area contributed by atoms with E-state index in [9.17, 15) is 4.39 Å². The lowest BCUT2D eigenvalue weighted by Gasteiger charge is -2.19. The molecule has 0 radical (unpaired) electrons. The fourth-order valence-electron chi connectivity index (χ4n) is 2.55. The number of hydrogen-bond acceptors (Lipinski definition) is 1. The van der Waals surface area contributed by atoms with Gasteiger partial charge in [-0.25, -0.2) is 4.39 Å². The van der Waals surface area contributed by atoms with Gasteiger partial charge in [-0.3, -0.25) is 0 Å². The van der Waals surface area contributed by atoms with Crippen molar-refractivity contribution in [1.29, 1.82) is 0 Å². The van der Waals surface area contributed by atoms with E-state index in [1.54, 1.807) is 0 Å². The Bertz CT molecular complexity index is 556. The van der Waals surface area contributed by atoms with E-state index in [2.05, 4.69) is 52.4 Å². The van der Waals surface area contributed by atoms with E-state index in [1.807, 2.05) is 18.2 Å². The molecule has 3 heteroatoms. The lowest BCUT2D eigenvalue weighted by molar-refractivity contribution is 0.472. The Morgan fingerprint density at radius 2 is 1.90 bits per heavy atom. The van der Waals surface area contributed by atoms with Crippen LogP contribution in [0.5, 0.6) is 0 Å². The molecule has 2 rings (SSSR count). The molecule has 0 saturated carbocycles. The first-order valence-electron chi connectivity index (χ1n) is 7.43. The third-order valence-electron chi connectivity index (χ3n) is 3.59. The summed E-state index contributed by atoms with van der Waals surface area (Å²) < 4.78 is 14.9. The Labute approximate surface area is 134 Å². The van der Waals surface area contributed by atoms with E-state index in [0.717, 1.165) is 35.8 Å². The fourth-order valence-corrected chi connectivity index (χ4v) is 2.89. The highest BCUT2D eigenvalue weighted by Gasteiger charge is 2.14. The van der Waals surface area contributed by atoms with Crippen LogP contribution in [0.3, 0.4) is 0 Å². The minimum atomic E-state index is -0.143. The SMILES string of the molecule is CCNC(CCCc1ccccc1)c1ccc(Br)cc1F. The zero-order valence-corrected chi connectivity index (χ0v) is 13.9. The molecule has 21 heavy (non-hydrogen) atoms. The average molecular weight is 350 g/mol. The van der Waals surface area contributed by atoms with Crippen LogP contribution in [0.2, 0.25) is 0 Å². The van der Waals surface area contributed by atoms with Gasteiger partial charge in [0, 0.05) is 16.1 Å². The lowest BCUT2D eigenvalue weighted by Crippen LogP contribution is -2.22. The second-order valence-corrected chi connectivity index (χ2v) is 6.07. The molecule has 112 valence electrons. The third kappa shape index (κ3) is 4.94. The fraction of sp³-hybridized carbons (Fsp3) is 0.333. The number of hydrogen-bond donors (Lipinski definition) is 1.